The molecule has 0 atom stereocenters. The van der Waals surface area contributed by atoms with Crippen LogP contribution in [0.25, 0.3) is 0 Å². The van der Waals surface area contributed by atoms with Crippen molar-refractivity contribution >= 4 is 21.6 Å². The molecule has 3 heteroatoms. The Bertz CT molecular complexity index is 271. The molecular formula is C8H11BrN2. The predicted octanol–water partition coefficient (Wildman–Crippen LogP) is 2.50. The highest BCUT2D eigenvalue weighted by Gasteiger charge is 2.03. The third-order valence-corrected chi connectivity index (χ3v) is 2.38. The molecule has 1 heterocycles. The summed E-state index contributed by atoms with van der Waals surface area (Å²) in [7, 11) is 1.91. The Labute approximate surface area is 75.2 Å². The summed E-state index contributed by atoms with van der Waals surface area (Å²) in [5.41, 5.74) is 3.39. The van der Waals surface area contributed by atoms with Gasteiger partial charge in [-0.2, -0.15) is 0 Å². The zero-order valence-corrected chi connectivity index (χ0v) is 8.49. The molecule has 1 aromatic heterocycles. The summed E-state index contributed by atoms with van der Waals surface area (Å²) >= 11 is 3.42. The first kappa shape index (κ1) is 8.53. The molecule has 0 bridgehead atoms. The van der Waals surface area contributed by atoms with Crippen molar-refractivity contribution < 1.29 is 0 Å². The quantitative estimate of drug-likeness (QED) is 0.778. The summed E-state index contributed by atoms with van der Waals surface area (Å²) in [5, 5.41) is 3.12. The van der Waals surface area contributed by atoms with Crippen molar-refractivity contribution in [2.24, 2.45) is 0 Å². The van der Waals surface area contributed by atoms with E-state index in [-0.39, 0.29) is 0 Å². The zero-order chi connectivity index (χ0) is 8.43. The Kier molecular flexibility index (Phi) is 2.49. The van der Waals surface area contributed by atoms with Crippen LogP contribution in [0.3, 0.4) is 0 Å². The summed E-state index contributed by atoms with van der Waals surface area (Å²) in [6.07, 6.45) is 1.81. The Morgan fingerprint density at radius 1 is 1.45 bits per heavy atom. The van der Waals surface area contributed by atoms with E-state index in [0.29, 0.717) is 0 Å². The number of nitrogens with one attached hydrogen (secondary N) is 1. The van der Waals surface area contributed by atoms with Crippen LogP contribution in [0, 0.1) is 13.8 Å². The molecule has 0 saturated carbocycles. The molecule has 0 aliphatic rings. The van der Waals surface area contributed by atoms with Crippen molar-refractivity contribution in [3.05, 3.63) is 21.9 Å². The molecule has 2 nitrogen and oxygen atoms in total. The van der Waals surface area contributed by atoms with Gasteiger partial charge in [-0.3, -0.25) is 4.98 Å². The second-order valence-electron chi connectivity index (χ2n) is 2.44. The monoisotopic (exact) mass is 214 g/mol. The zero-order valence-electron chi connectivity index (χ0n) is 6.90. The maximum atomic E-state index is 4.20. The van der Waals surface area contributed by atoms with Crippen molar-refractivity contribution in [1.82, 2.24) is 4.98 Å². The normalized spacial score (nSPS) is 9.82. The van der Waals surface area contributed by atoms with E-state index in [1.54, 1.807) is 0 Å². The van der Waals surface area contributed by atoms with Crippen LogP contribution < -0.4 is 5.32 Å². The Balaban J connectivity index is 3.29. The van der Waals surface area contributed by atoms with Crippen LogP contribution >= 0.6 is 15.9 Å². The molecule has 0 aliphatic heterocycles. The highest BCUT2D eigenvalue weighted by atomic mass is 79.9. The molecular weight excluding hydrogens is 204 g/mol. The van der Waals surface area contributed by atoms with Gasteiger partial charge in [-0.05, 0) is 35.3 Å². The average Bonchev–Trinajstić information content (AvgIpc) is 1.99. The van der Waals surface area contributed by atoms with E-state index in [0.717, 1.165) is 15.9 Å². The molecule has 0 aliphatic carbocycles. The number of pyridine rings is 1. The summed E-state index contributed by atoms with van der Waals surface area (Å²) < 4.78 is 1.02. The van der Waals surface area contributed by atoms with E-state index in [9.17, 15) is 0 Å². The van der Waals surface area contributed by atoms with E-state index >= 15 is 0 Å². The van der Waals surface area contributed by atoms with E-state index in [1.807, 2.05) is 20.2 Å². The van der Waals surface area contributed by atoms with Gasteiger partial charge in [-0.25, -0.2) is 0 Å². The van der Waals surface area contributed by atoms with Gasteiger partial charge in [0.25, 0.3) is 0 Å². The highest BCUT2D eigenvalue weighted by Crippen LogP contribution is 2.25. The maximum absolute atomic E-state index is 4.20. The van der Waals surface area contributed by atoms with Gasteiger partial charge >= 0.3 is 0 Å². The Morgan fingerprint density at radius 2 is 2.09 bits per heavy atom. The molecule has 0 radical (unpaired) electrons. The van der Waals surface area contributed by atoms with E-state index in [2.05, 4.69) is 33.2 Å². The van der Waals surface area contributed by atoms with Crippen LogP contribution in [-0.2, 0) is 0 Å². The molecule has 0 fully saturated rings. The lowest BCUT2D eigenvalue weighted by atomic mass is 10.2. The van der Waals surface area contributed by atoms with Crippen molar-refractivity contribution in [3.63, 3.8) is 0 Å². The number of hydrogen-bond donors (Lipinski definition) is 1. The van der Waals surface area contributed by atoms with Gasteiger partial charge in [0.1, 0.15) is 0 Å². The fraction of sp³-hybridized carbons (Fsp3) is 0.375. The standard InChI is InChI=1S/C8H11BrN2/c1-5-6(2)11-4-7(9)8(5)10-3/h4H,1-3H3,(H,10,11). The number of rotatable bonds is 1. The molecule has 1 aromatic rings. The SMILES string of the molecule is CNc1c(Br)cnc(C)c1C. The third kappa shape index (κ3) is 1.53. The summed E-state index contributed by atoms with van der Waals surface area (Å²) in [4.78, 5) is 4.20. The number of anilines is 1. The number of halogens is 1. The topological polar surface area (TPSA) is 24.9 Å². The van der Waals surface area contributed by atoms with Crippen molar-refractivity contribution in [1.29, 1.82) is 0 Å². The van der Waals surface area contributed by atoms with Crippen LogP contribution in [0.2, 0.25) is 0 Å². The number of nitrogens with zero attached hydrogens (tertiary/aromatic N) is 1. The summed E-state index contributed by atoms with van der Waals surface area (Å²) in [6, 6.07) is 0. The van der Waals surface area contributed by atoms with Crippen molar-refractivity contribution in [2.45, 2.75) is 13.8 Å². The molecule has 0 unspecified atom stereocenters. The maximum Gasteiger partial charge on any atom is 0.0593 e. The molecule has 0 amide bonds. The second-order valence-corrected chi connectivity index (χ2v) is 3.30. The predicted molar refractivity (Wildman–Crippen MR) is 51.0 cm³/mol. The van der Waals surface area contributed by atoms with Gasteiger partial charge in [-0.1, -0.05) is 0 Å². The van der Waals surface area contributed by atoms with Gasteiger partial charge in [0.2, 0.25) is 0 Å². The number of hydrogen-bond acceptors (Lipinski definition) is 2. The van der Waals surface area contributed by atoms with Crippen LogP contribution in [0.1, 0.15) is 11.3 Å². The largest absolute Gasteiger partial charge is 0.387 e. The lowest BCUT2D eigenvalue weighted by molar-refractivity contribution is 1.14. The van der Waals surface area contributed by atoms with Gasteiger partial charge in [0, 0.05) is 18.9 Å². The first-order valence-electron chi connectivity index (χ1n) is 3.46. The van der Waals surface area contributed by atoms with Gasteiger partial charge in [-0.15, -0.1) is 0 Å². The van der Waals surface area contributed by atoms with Crippen LogP contribution in [-0.4, -0.2) is 12.0 Å². The van der Waals surface area contributed by atoms with E-state index in [1.165, 1.54) is 5.56 Å². The Morgan fingerprint density at radius 3 is 2.55 bits per heavy atom. The molecule has 1 N–H and O–H groups in total. The van der Waals surface area contributed by atoms with Crippen LogP contribution in [0.4, 0.5) is 5.69 Å². The van der Waals surface area contributed by atoms with Crippen LogP contribution in [0.15, 0.2) is 10.7 Å². The molecule has 0 saturated heterocycles. The summed E-state index contributed by atoms with van der Waals surface area (Å²) in [6.45, 7) is 4.06. The minimum atomic E-state index is 1.02. The van der Waals surface area contributed by atoms with E-state index in [4.69, 9.17) is 0 Å². The Hall–Kier alpha value is -0.570. The summed E-state index contributed by atoms with van der Waals surface area (Å²) in [5.74, 6) is 0. The number of aromatic nitrogens is 1. The van der Waals surface area contributed by atoms with Crippen molar-refractivity contribution in [2.75, 3.05) is 12.4 Å². The average molecular weight is 215 g/mol. The lowest BCUT2D eigenvalue weighted by Crippen LogP contribution is -1.96. The van der Waals surface area contributed by atoms with Crippen molar-refractivity contribution in [3.8, 4) is 0 Å². The molecule has 11 heavy (non-hydrogen) atoms. The molecule has 0 spiro atoms. The minimum absolute atomic E-state index is 1.02. The third-order valence-electron chi connectivity index (χ3n) is 1.78. The minimum Gasteiger partial charge on any atom is -0.387 e. The molecule has 1 rings (SSSR count). The first-order chi connectivity index (χ1) is 5.16. The van der Waals surface area contributed by atoms with Gasteiger partial charge < -0.3 is 5.32 Å². The first-order valence-corrected chi connectivity index (χ1v) is 4.25. The lowest BCUT2D eigenvalue weighted by Gasteiger charge is -2.08. The second kappa shape index (κ2) is 3.22. The smallest absolute Gasteiger partial charge is 0.0593 e. The highest BCUT2D eigenvalue weighted by molar-refractivity contribution is 9.10. The van der Waals surface area contributed by atoms with E-state index < -0.39 is 0 Å². The van der Waals surface area contributed by atoms with Gasteiger partial charge in [0.15, 0.2) is 0 Å². The fourth-order valence-corrected chi connectivity index (χ4v) is 1.58. The van der Waals surface area contributed by atoms with Gasteiger partial charge in [0.05, 0.1) is 10.2 Å². The molecule has 60 valence electrons. The van der Waals surface area contributed by atoms with Crippen LogP contribution in [0.5, 0.6) is 0 Å². The number of aryl methyl sites for hydroxylation is 1. The molecule has 0 aromatic carbocycles. The fourth-order valence-electron chi connectivity index (χ4n) is 0.982.